The second kappa shape index (κ2) is 6.67. The summed E-state index contributed by atoms with van der Waals surface area (Å²) in [5.74, 6) is 0.397. The lowest BCUT2D eigenvalue weighted by atomic mass is 10.1. The zero-order chi connectivity index (χ0) is 14.4. The van der Waals surface area contributed by atoms with Gasteiger partial charge in [-0.1, -0.05) is 6.07 Å². The number of hydrogen-bond acceptors (Lipinski definition) is 5. The van der Waals surface area contributed by atoms with Gasteiger partial charge in [0.05, 0.1) is 0 Å². The van der Waals surface area contributed by atoms with E-state index in [0.717, 1.165) is 11.1 Å². The third kappa shape index (κ3) is 3.55. The molecule has 7 heteroatoms. The minimum Gasteiger partial charge on any atom is -0.423 e. The molecule has 0 aliphatic rings. The summed E-state index contributed by atoms with van der Waals surface area (Å²) in [6.07, 6.45) is 1.78. The van der Waals surface area contributed by atoms with Gasteiger partial charge in [-0.15, -0.1) is 10.2 Å². The van der Waals surface area contributed by atoms with E-state index in [1.54, 1.807) is 6.07 Å². The molecule has 2 amide bonds. The summed E-state index contributed by atoms with van der Waals surface area (Å²) < 4.78 is 5.12. The van der Waals surface area contributed by atoms with Crippen LogP contribution in [0.1, 0.15) is 12.0 Å². The number of aromatic nitrogens is 2. The van der Waals surface area contributed by atoms with Gasteiger partial charge in [-0.05, 0) is 31.0 Å². The van der Waals surface area contributed by atoms with E-state index in [4.69, 9.17) is 9.52 Å². The van der Waals surface area contributed by atoms with Crippen molar-refractivity contribution >= 4 is 11.7 Å². The van der Waals surface area contributed by atoms with Crippen molar-refractivity contribution in [3.8, 4) is 11.5 Å². The van der Waals surface area contributed by atoms with Crippen LogP contribution in [0.3, 0.4) is 0 Å². The molecule has 2 rings (SSSR count). The number of aryl methyl sites for hydroxylation is 1. The fourth-order valence-electron chi connectivity index (χ4n) is 1.64. The normalized spacial score (nSPS) is 10.3. The first kappa shape index (κ1) is 14.0. The standard InChI is InChI=1S/C13H16N4O3/c1-9-3-4-10(12-17-15-8-20-12)7-11(9)16-13(19)14-5-2-6-18/h3-4,7-8,18H,2,5-6H2,1H3,(H2,14,16,19). The van der Waals surface area contributed by atoms with E-state index in [2.05, 4.69) is 20.8 Å². The molecule has 0 aliphatic heterocycles. The third-order valence-corrected chi connectivity index (χ3v) is 2.71. The van der Waals surface area contributed by atoms with E-state index in [9.17, 15) is 4.79 Å². The molecule has 0 unspecified atom stereocenters. The number of hydrogen-bond donors (Lipinski definition) is 3. The SMILES string of the molecule is Cc1ccc(-c2nnco2)cc1NC(=O)NCCCO. The molecule has 0 fully saturated rings. The van der Waals surface area contributed by atoms with E-state index in [0.29, 0.717) is 24.5 Å². The van der Waals surface area contributed by atoms with E-state index in [1.807, 2.05) is 19.1 Å². The van der Waals surface area contributed by atoms with Crippen molar-refractivity contribution in [3.05, 3.63) is 30.2 Å². The summed E-state index contributed by atoms with van der Waals surface area (Å²) in [6, 6.07) is 5.17. The molecule has 0 radical (unpaired) electrons. The summed E-state index contributed by atoms with van der Waals surface area (Å²) in [5, 5.41) is 21.5. The minimum absolute atomic E-state index is 0.0476. The number of rotatable bonds is 5. The molecule has 106 valence electrons. The van der Waals surface area contributed by atoms with Crippen molar-refractivity contribution < 1.29 is 14.3 Å². The van der Waals surface area contributed by atoms with Gasteiger partial charge in [0, 0.05) is 24.4 Å². The Hall–Kier alpha value is -2.41. The Labute approximate surface area is 116 Å². The number of nitrogens with zero attached hydrogens (tertiary/aromatic N) is 2. The maximum Gasteiger partial charge on any atom is 0.319 e. The van der Waals surface area contributed by atoms with Crippen molar-refractivity contribution in [1.29, 1.82) is 0 Å². The number of carbonyl (C=O) groups is 1. The lowest BCUT2D eigenvalue weighted by molar-refractivity contribution is 0.249. The van der Waals surface area contributed by atoms with Crippen LogP contribution in [0.25, 0.3) is 11.5 Å². The van der Waals surface area contributed by atoms with Gasteiger partial charge in [0.2, 0.25) is 12.3 Å². The Morgan fingerprint density at radius 3 is 3.00 bits per heavy atom. The van der Waals surface area contributed by atoms with Gasteiger partial charge in [0.25, 0.3) is 0 Å². The number of benzene rings is 1. The Kier molecular flexibility index (Phi) is 4.67. The van der Waals surface area contributed by atoms with Gasteiger partial charge >= 0.3 is 6.03 Å². The van der Waals surface area contributed by atoms with Crippen molar-refractivity contribution in [1.82, 2.24) is 15.5 Å². The number of carbonyl (C=O) groups excluding carboxylic acids is 1. The van der Waals surface area contributed by atoms with Crippen LogP contribution in [0.4, 0.5) is 10.5 Å². The second-order valence-electron chi connectivity index (χ2n) is 4.23. The Balaban J connectivity index is 2.07. The van der Waals surface area contributed by atoms with Gasteiger partial charge < -0.3 is 20.2 Å². The average Bonchev–Trinajstić information content (AvgIpc) is 2.95. The van der Waals surface area contributed by atoms with Crippen LogP contribution in [0.2, 0.25) is 0 Å². The molecule has 1 heterocycles. The van der Waals surface area contributed by atoms with Gasteiger partial charge in [-0.3, -0.25) is 0 Å². The van der Waals surface area contributed by atoms with Crippen LogP contribution >= 0.6 is 0 Å². The molecule has 1 aromatic carbocycles. The number of nitrogens with one attached hydrogen (secondary N) is 2. The predicted octanol–water partition coefficient (Wildman–Crippen LogP) is 1.55. The van der Waals surface area contributed by atoms with Gasteiger partial charge in [-0.2, -0.15) is 0 Å². The Morgan fingerprint density at radius 1 is 1.45 bits per heavy atom. The largest absolute Gasteiger partial charge is 0.423 e. The molecule has 0 saturated carbocycles. The topological polar surface area (TPSA) is 100 Å². The smallest absolute Gasteiger partial charge is 0.319 e. The van der Waals surface area contributed by atoms with E-state index in [-0.39, 0.29) is 12.6 Å². The molecular weight excluding hydrogens is 260 g/mol. The Morgan fingerprint density at radius 2 is 2.30 bits per heavy atom. The number of amides is 2. The molecule has 0 atom stereocenters. The highest BCUT2D eigenvalue weighted by Crippen LogP contribution is 2.23. The summed E-state index contributed by atoms with van der Waals surface area (Å²) in [5.41, 5.74) is 2.33. The van der Waals surface area contributed by atoms with Crippen molar-refractivity contribution in [3.63, 3.8) is 0 Å². The van der Waals surface area contributed by atoms with Gasteiger partial charge in [0.1, 0.15) is 0 Å². The molecule has 7 nitrogen and oxygen atoms in total. The van der Waals surface area contributed by atoms with Crippen LogP contribution in [-0.2, 0) is 0 Å². The highest BCUT2D eigenvalue weighted by Gasteiger charge is 2.08. The molecule has 0 aliphatic carbocycles. The van der Waals surface area contributed by atoms with E-state index >= 15 is 0 Å². The molecule has 0 bridgehead atoms. The molecule has 3 N–H and O–H groups in total. The fourth-order valence-corrected chi connectivity index (χ4v) is 1.64. The molecule has 0 saturated heterocycles. The zero-order valence-electron chi connectivity index (χ0n) is 11.1. The third-order valence-electron chi connectivity index (χ3n) is 2.71. The van der Waals surface area contributed by atoms with Crippen LogP contribution < -0.4 is 10.6 Å². The average molecular weight is 276 g/mol. The van der Waals surface area contributed by atoms with E-state index in [1.165, 1.54) is 6.39 Å². The van der Waals surface area contributed by atoms with Crippen molar-refractivity contribution in [2.24, 2.45) is 0 Å². The quantitative estimate of drug-likeness (QED) is 0.719. The van der Waals surface area contributed by atoms with Gasteiger partial charge in [-0.25, -0.2) is 4.79 Å². The summed E-state index contributed by atoms with van der Waals surface area (Å²) in [4.78, 5) is 11.7. The van der Waals surface area contributed by atoms with Crippen LogP contribution in [0.5, 0.6) is 0 Å². The lowest BCUT2D eigenvalue weighted by Gasteiger charge is -2.10. The van der Waals surface area contributed by atoms with Gasteiger partial charge in [0.15, 0.2) is 0 Å². The highest BCUT2D eigenvalue weighted by molar-refractivity contribution is 5.90. The maximum atomic E-state index is 11.7. The fraction of sp³-hybridized carbons (Fsp3) is 0.308. The van der Waals surface area contributed by atoms with E-state index < -0.39 is 0 Å². The minimum atomic E-state index is -0.316. The van der Waals surface area contributed by atoms with Crippen LogP contribution in [-0.4, -0.2) is 34.5 Å². The number of aliphatic hydroxyl groups excluding tert-OH is 1. The van der Waals surface area contributed by atoms with Crippen molar-refractivity contribution in [2.75, 3.05) is 18.5 Å². The first-order valence-electron chi connectivity index (χ1n) is 6.23. The first-order chi connectivity index (χ1) is 9.70. The zero-order valence-corrected chi connectivity index (χ0v) is 11.1. The molecule has 1 aromatic heterocycles. The summed E-state index contributed by atoms with van der Waals surface area (Å²) in [7, 11) is 0. The van der Waals surface area contributed by atoms with Crippen LogP contribution in [0, 0.1) is 6.92 Å². The molecule has 2 aromatic rings. The van der Waals surface area contributed by atoms with Crippen LogP contribution in [0.15, 0.2) is 29.0 Å². The highest BCUT2D eigenvalue weighted by atomic mass is 16.4. The maximum absolute atomic E-state index is 11.7. The number of urea groups is 1. The number of anilines is 1. The number of aliphatic hydroxyl groups is 1. The first-order valence-corrected chi connectivity index (χ1v) is 6.23. The second-order valence-corrected chi connectivity index (χ2v) is 4.23. The molecular formula is C13H16N4O3. The summed E-state index contributed by atoms with van der Waals surface area (Å²) >= 11 is 0. The monoisotopic (exact) mass is 276 g/mol. The molecule has 0 spiro atoms. The Bertz CT molecular complexity index is 569. The molecule has 20 heavy (non-hydrogen) atoms. The predicted molar refractivity (Wildman–Crippen MR) is 73.2 cm³/mol. The lowest BCUT2D eigenvalue weighted by Crippen LogP contribution is -2.30. The summed E-state index contributed by atoms with van der Waals surface area (Å²) in [6.45, 7) is 2.36. The van der Waals surface area contributed by atoms with Crippen molar-refractivity contribution in [2.45, 2.75) is 13.3 Å².